The van der Waals surface area contributed by atoms with E-state index >= 15 is 0 Å². The van der Waals surface area contributed by atoms with E-state index in [1.54, 1.807) is 63.9 Å². The van der Waals surface area contributed by atoms with Crippen LogP contribution in [0.3, 0.4) is 0 Å². The van der Waals surface area contributed by atoms with Crippen LogP contribution < -0.4 is 9.30 Å². The Hall–Kier alpha value is -8.11. The van der Waals surface area contributed by atoms with Gasteiger partial charge in [0.2, 0.25) is 0 Å². The number of pyridine rings is 1. The summed E-state index contributed by atoms with van der Waals surface area (Å²) >= 11 is 0. The third-order valence-electron chi connectivity index (χ3n) is 12.9. The summed E-state index contributed by atoms with van der Waals surface area (Å²) in [6.07, 6.45) is 5.27. The van der Waals surface area contributed by atoms with Gasteiger partial charge in [-0.3, -0.25) is 4.57 Å². The largest absolute Gasteiger partial charge is 0.510 e. The van der Waals surface area contributed by atoms with Crippen molar-refractivity contribution in [2.75, 3.05) is 0 Å². The van der Waals surface area contributed by atoms with Crippen molar-refractivity contribution in [3.8, 4) is 73.2 Å². The summed E-state index contributed by atoms with van der Waals surface area (Å²) in [6, 6.07) is 45.9. The molecule has 12 rings (SSSR count). The average Bonchev–Trinajstić information content (AvgIpc) is 2.14. The van der Waals surface area contributed by atoms with E-state index in [4.69, 9.17) is 22.1 Å². The Morgan fingerprint density at radius 2 is 1.21 bits per heavy atom. The number of imidazole rings is 1. The van der Waals surface area contributed by atoms with Crippen molar-refractivity contribution >= 4 is 32.8 Å². The minimum absolute atomic E-state index is 0. The Kier molecular flexibility index (Phi) is 8.79. The van der Waals surface area contributed by atoms with Crippen molar-refractivity contribution in [1.29, 1.82) is 0 Å². The first-order valence-electron chi connectivity index (χ1n) is 29.6. The maximum absolute atomic E-state index is 9.20. The van der Waals surface area contributed by atoms with Crippen molar-refractivity contribution in [2.24, 2.45) is 0 Å². The quantitative estimate of drug-likeness (QED) is 0.107. The molecule has 3 aromatic heterocycles. The Morgan fingerprint density at radius 1 is 0.583 bits per heavy atom. The molecule has 0 spiro atoms. The molecule has 0 bridgehead atoms. The van der Waals surface area contributed by atoms with Crippen LogP contribution >= 0.6 is 0 Å². The molecule has 0 aliphatic carbocycles. The minimum Gasteiger partial charge on any atom is -0.510 e. The molecule has 3 heterocycles. The van der Waals surface area contributed by atoms with E-state index < -0.39 is 67.3 Å². The van der Waals surface area contributed by atoms with E-state index in [0.29, 0.717) is 45.1 Å². The van der Waals surface area contributed by atoms with E-state index in [1.165, 1.54) is 0 Å². The molecule has 0 atom stereocenters. The number of para-hydroxylation sites is 1. The summed E-state index contributed by atoms with van der Waals surface area (Å²) < 4.78 is 126. The van der Waals surface area contributed by atoms with Crippen LogP contribution in [0, 0.1) is 32.2 Å². The zero-order chi connectivity index (χ0) is 59.4. The summed E-state index contributed by atoms with van der Waals surface area (Å²) in [6.45, 7) is 6.06. The van der Waals surface area contributed by atoms with Gasteiger partial charge >= 0.3 is 0 Å². The van der Waals surface area contributed by atoms with Crippen molar-refractivity contribution in [2.45, 2.75) is 40.0 Å². The molecule has 0 aliphatic rings. The molecule has 72 heavy (non-hydrogen) atoms. The molecule has 0 aliphatic heterocycles. The van der Waals surface area contributed by atoms with Crippen LogP contribution in [0.25, 0.3) is 94.5 Å². The predicted octanol–water partition coefficient (Wildman–Crippen LogP) is 16.2. The summed E-state index contributed by atoms with van der Waals surface area (Å²) in [7, 11) is 0. The molecule has 0 saturated heterocycles. The van der Waals surface area contributed by atoms with E-state index in [2.05, 4.69) is 45.3 Å². The molecular weight excluding hydrogens is 1060 g/mol. The van der Waals surface area contributed by atoms with Gasteiger partial charge in [-0.15, -0.1) is 29.7 Å². The van der Waals surface area contributed by atoms with Gasteiger partial charge in [-0.05, 0) is 116 Å². The molecule has 9 aromatic carbocycles. The third kappa shape index (κ3) is 8.44. The third-order valence-corrected chi connectivity index (χ3v) is 12.9. The van der Waals surface area contributed by atoms with Gasteiger partial charge in [-0.1, -0.05) is 178 Å². The molecule has 0 N–H and O–H groups in total. The molecular formula is C66H50N4OPt-2. The maximum atomic E-state index is 9.20. The number of hydrogen-bond acceptors (Lipinski definition) is 2. The summed E-state index contributed by atoms with van der Waals surface area (Å²) in [5, 5.41) is 1.67. The molecule has 0 amide bonds. The Balaban J connectivity index is 0.00000752. The van der Waals surface area contributed by atoms with Crippen molar-refractivity contribution in [1.82, 2.24) is 14.1 Å². The number of benzene rings is 9. The molecule has 5 nitrogen and oxygen atoms in total. The first-order chi connectivity index (χ1) is 40.0. The van der Waals surface area contributed by atoms with Crippen LogP contribution in [0.1, 0.15) is 55.3 Å². The topological polar surface area (TPSA) is 35.9 Å². The first kappa shape index (κ1) is 33.5. The van der Waals surface area contributed by atoms with E-state index in [0.717, 1.165) is 44.1 Å². The number of hydrogen-bond donors (Lipinski definition) is 0. The fraction of sp³-hybridized carbons (Fsp3) is 0.0909. The van der Waals surface area contributed by atoms with E-state index in [1.807, 2.05) is 102 Å². The van der Waals surface area contributed by atoms with E-state index in [-0.39, 0.29) is 60.0 Å². The van der Waals surface area contributed by atoms with Crippen molar-refractivity contribution in [3.63, 3.8) is 0 Å². The second-order valence-corrected chi connectivity index (χ2v) is 18.3. The van der Waals surface area contributed by atoms with Crippen LogP contribution in [-0.4, -0.2) is 14.1 Å². The maximum Gasteiger partial charge on any atom is 0.268 e. The van der Waals surface area contributed by atoms with Crippen LogP contribution in [-0.2, 0) is 26.5 Å². The average molecular weight is 1120 g/mol. The van der Waals surface area contributed by atoms with Gasteiger partial charge in [0.15, 0.2) is 0 Å². The van der Waals surface area contributed by atoms with Crippen molar-refractivity contribution < 1.29 is 48.2 Å². The van der Waals surface area contributed by atoms with Crippen LogP contribution in [0.5, 0.6) is 11.5 Å². The van der Waals surface area contributed by atoms with Gasteiger partial charge in [0, 0.05) is 48.4 Å². The number of nitrogens with zero attached hydrogens (tertiary/aromatic N) is 4. The van der Waals surface area contributed by atoms with Gasteiger partial charge in [0.05, 0.1) is 30.4 Å². The number of ether oxygens (including phenoxy) is 1. The second-order valence-electron chi connectivity index (χ2n) is 18.3. The zero-order valence-electron chi connectivity index (χ0n) is 52.4. The molecule has 352 valence electrons. The summed E-state index contributed by atoms with van der Waals surface area (Å²) in [5.41, 5.74) is 8.10. The Morgan fingerprint density at radius 3 is 1.92 bits per heavy atom. The van der Waals surface area contributed by atoms with Crippen LogP contribution in [0.4, 0.5) is 0 Å². The number of aryl methyl sites for hydroxylation is 2. The molecule has 12 aromatic rings. The van der Waals surface area contributed by atoms with Gasteiger partial charge in [-0.25, -0.2) is 4.98 Å². The number of fused-ring (bicyclic) bond motifs is 4. The Bertz CT molecular complexity index is 4570. The molecule has 0 saturated carbocycles. The number of rotatable bonds is 9. The zero-order valence-corrected chi connectivity index (χ0v) is 41.7. The SMILES string of the molecule is [2H]c1c([2H])c([2H])c(-c2cccc(-c3c([2H])c([2H])c([2H])c([2H])c3[2H])c2-[n+]2[c-]n(-c3[c-]c(Oc4[c-]c5c(cc4)c4cc(-c6ccccc6C([2H])([2H])[2H])ccc4n5-c4cc(C(C)(C)C)ccn4)ccc3)c3ccc(-c4ccccc4C)cc32)c([2H])c1[2H].[Pt]. The molecule has 0 unspecified atom stereocenters. The van der Waals surface area contributed by atoms with Crippen LogP contribution in [0.15, 0.2) is 212 Å². The monoisotopic (exact) mass is 1120 g/mol. The fourth-order valence-electron chi connectivity index (χ4n) is 9.35. The minimum atomic E-state index is -2.34. The van der Waals surface area contributed by atoms with E-state index in [9.17, 15) is 5.48 Å². The summed E-state index contributed by atoms with van der Waals surface area (Å²) in [5.74, 6) is 1.28. The Labute approximate surface area is 453 Å². The fourth-order valence-corrected chi connectivity index (χ4v) is 9.35. The molecule has 6 heteroatoms. The second kappa shape index (κ2) is 18.9. The van der Waals surface area contributed by atoms with Crippen molar-refractivity contribution in [3.05, 3.63) is 247 Å². The normalized spacial score (nSPS) is 14.3. The molecule has 0 fully saturated rings. The predicted molar refractivity (Wildman–Crippen MR) is 290 cm³/mol. The van der Waals surface area contributed by atoms with Gasteiger partial charge in [0.25, 0.3) is 6.33 Å². The van der Waals surface area contributed by atoms with Gasteiger partial charge < -0.3 is 13.9 Å². The molecule has 0 radical (unpaired) electrons. The van der Waals surface area contributed by atoms with Gasteiger partial charge in [-0.2, -0.15) is 18.2 Å². The summed E-state index contributed by atoms with van der Waals surface area (Å²) in [4.78, 5) is 4.87. The first-order valence-corrected chi connectivity index (χ1v) is 23.1. The van der Waals surface area contributed by atoms with Crippen LogP contribution in [0.2, 0.25) is 0 Å². The smallest absolute Gasteiger partial charge is 0.268 e. The number of aromatic nitrogens is 4. The standard InChI is InChI=1S/C66H50N4O.Pt/c1-44-18-12-14-26-54(44)48-30-34-60-59(38-48)58-33-32-53(42-62(58)70(60)64-40-50(36-37-67-64)66(3,4)5)71-52-25-16-24-51(41-52)68-43-69(63-39-49(31-35-61(63)68)55-27-15-13-19-45(55)2)65-56(46-20-8-6-9-21-46)28-17-29-57(65)47-22-10-7-11-23-47;/h6-40H,1-5H3;/q-2;/i1D3,6D,7D,8D,9D,10D,11D,20D,21D,22D,23D;. The van der Waals surface area contributed by atoms with Gasteiger partial charge in [0.1, 0.15) is 5.82 Å².